The van der Waals surface area contributed by atoms with Gasteiger partial charge in [-0.3, -0.25) is 28.8 Å². The van der Waals surface area contributed by atoms with Crippen LogP contribution in [0.5, 0.6) is 0 Å². The number of hydrogen-bond donors (Lipinski definition) is 4. The Hall–Kier alpha value is -6.00. The lowest BCUT2D eigenvalue weighted by Gasteiger charge is -2.53. The second-order valence-corrected chi connectivity index (χ2v) is 20.9. The van der Waals surface area contributed by atoms with E-state index in [2.05, 4.69) is 26.1 Å². The van der Waals surface area contributed by atoms with Crippen molar-refractivity contribution in [3.05, 3.63) is 111 Å². The average molecular weight is 957 g/mol. The molecule has 3 saturated carbocycles. The van der Waals surface area contributed by atoms with Crippen LogP contribution in [-0.2, 0) is 25.5 Å². The van der Waals surface area contributed by atoms with Crippen molar-refractivity contribution in [2.24, 2.45) is 11.8 Å². The van der Waals surface area contributed by atoms with E-state index in [1.54, 1.807) is 34.1 Å². The number of nitrogens with one attached hydrogen (secondary N) is 4. The Balaban J connectivity index is 0.689. The molecule has 2 bridgehead atoms. The normalized spacial score (nSPS) is 24.3. The zero-order valence-corrected chi connectivity index (χ0v) is 39.9. The molecule has 1 aromatic heterocycles. The number of ether oxygens (including phenoxy) is 1. The number of aromatic nitrogens is 2. The quantitative estimate of drug-likeness (QED) is 0.132. The molecule has 16 heteroatoms. The van der Waals surface area contributed by atoms with E-state index in [4.69, 9.17) is 4.74 Å². The van der Waals surface area contributed by atoms with E-state index >= 15 is 4.39 Å². The monoisotopic (exact) mass is 956 g/mol. The van der Waals surface area contributed by atoms with Crippen LogP contribution in [0.25, 0.3) is 10.8 Å². The first kappa shape index (κ1) is 47.7. The summed E-state index contributed by atoms with van der Waals surface area (Å²) in [5.41, 5.74) is 1.65. The number of carbonyl (C=O) groups excluding carboxylic acids is 5. The van der Waals surface area contributed by atoms with Crippen LogP contribution in [-0.4, -0.2) is 131 Å². The summed E-state index contributed by atoms with van der Waals surface area (Å²) < 4.78 is 21.7. The fourth-order valence-electron chi connectivity index (χ4n) is 11.7. The molecule has 0 spiro atoms. The number of fused-ring (bicyclic) bond motifs is 4. The van der Waals surface area contributed by atoms with Gasteiger partial charge in [0.15, 0.2) is 0 Å². The zero-order chi connectivity index (χ0) is 48.4. The van der Waals surface area contributed by atoms with Crippen LogP contribution in [0.1, 0.15) is 127 Å². The van der Waals surface area contributed by atoms with Gasteiger partial charge < -0.3 is 35.4 Å². The van der Waals surface area contributed by atoms with Crippen molar-refractivity contribution in [3.63, 3.8) is 0 Å². The molecule has 5 amide bonds. The summed E-state index contributed by atoms with van der Waals surface area (Å²) in [5, 5.41) is 17.8. The van der Waals surface area contributed by atoms with Crippen LogP contribution >= 0.6 is 0 Å². The Morgan fingerprint density at radius 3 is 2.30 bits per heavy atom. The van der Waals surface area contributed by atoms with Gasteiger partial charge >= 0.3 is 0 Å². The van der Waals surface area contributed by atoms with Crippen molar-refractivity contribution in [2.45, 2.75) is 113 Å². The summed E-state index contributed by atoms with van der Waals surface area (Å²) in [7, 11) is 0. The SMILES string of the molecule is O=C(N[C@@H](C(=O)NCC12CCC(NCC(=O)N3CCN(C(=O)c4cc(Cc5n[nH]c(=O)c6ccccc56)ccc4F)CC3)(CC1)CO2)C1CCCCC1)c1cccc(C2CCCN(C(=O)C3CC3)C2)c1. The number of rotatable bonds is 14. The molecule has 4 aliphatic heterocycles. The Labute approximate surface area is 407 Å². The maximum Gasteiger partial charge on any atom is 0.272 e. The van der Waals surface area contributed by atoms with Gasteiger partial charge in [-0.25, -0.2) is 9.49 Å². The summed E-state index contributed by atoms with van der Waals surface area (Å²) in [4.78, 5) is 85.7. The molecule has 1 unspecified atom stereocenters. The largest absolute Gasteiger partial charge is 0.371 e. The summed E-state index contributed by atoms with van der Waals surface area (Å²) >= 11 is 0. The minimum atomic E-state index is -0.667. The second kappa shape index (κ2) is 20.4. The molecule has 4 saturated heterocycles. The summed E-state index contributed by atoms with van der Waals surface area (Å²) in [5.74, 6) is -0.914. The van der Waals surface area contributed by atoms with Crippen molar-refractivity contribution in [3.8, 4) is 0 Å². The van der Waals surface area contributed by atoms with Crippen LogP contribution in [0, 0.1) is 17.7 Å². The van der Waals surface area contributed by atoms with E-state index in [1.165, 1.54) is 6.07 Å². The predicted molar refractivity (Wildman–Crippen MR) is 260 cm³/mol. The van der Waals surface area contributed by atoms with Crippen molar-refractivity contribution >= 4 is 40.3 Å². The Morgan fingerprint density at radius 2 is 1.56 bits per heavy atom. The zero-order valence-electron chi connectivity index (χ0n) is 39.9. The number of carbonyl (C=O) groups is 5. The second-order valence-electron chi connectivity index (χ2n) is 20.9. The van der Waals surface area contributed by atoms with Gasteiger partial charge in [-0.15, -0.1) is 0 Å². The van der Waals surface area contributed by atoms with Gasteiger partial charge in [0, 0.05) is 80.6 Å². The van der Waals surface area contributed by atoms with Crippen LogP contribution in [0.3, 0.4) is 0 Å². The van der Waals surface area contributed by atoms with Crippen molar-refractivity contribution in [1.29, 1.82) is 0 Å². The van der Waals surface area contributed by atoms with Gasteiger partial charge in [-0.05, 0) is 112 Å². The number of piperazine rings is 1. The number of nitrogens with zero attached hydrogens (tertiary/aromatic N) is 4. The molecule has 7 fully saturated rings. The number of hydrogen-bond acceptors (Lipinski definition) is 9. The van der Waals surface area contributed by atoms with Crippen LogP contribution < -0.4 is 21.5 Å². The number of halogens is 1. The average Bonchev–Trinajstić information content (AvgIpc) is 4.27. The number of likely N-dealkylation sites (tertiary alicyclic amines) is 1. The standard InChI is InChI=1S/C54H65FN8O7/c55-44-18-15-35(29-45-41-13-4-5-14-42(41)49(66)60-59-45)28-43(44)52(69)62-26-24-61(25-27-62)46(64)31-57-53-19-21-54(22-20-53,70-34-53)33-56-50(67)47(36-8-2-1-3-9-36)58-48(65)39-11-6-10-38(30-39)40-12-7-23-63(32-40)51(68)37-16-17-37/h4-6,10-11,13-15,18,28,30,36-37,40,47,57H,1-3,7-9,12,16-17,19-27,29,31-34H2,(H,56,67)(H,58,65)(H,60,66)/t40?,47-,53?,54?/m1/s1. The summed E-state index contributed by atoms with van der Waals surface area (Å²) in [6.07, 6.45) is 12.1. The maximum absolute atomic E-state index is 15.1. The molecule has 2 atom stereocenters. The molecule has 11 rings (SSSR count). The highest BCUT2D eigenvalue weighted by atomic mass is 19.1. The van der Waals surface area contributed by atoms with Crippen LogP contribution in [0.2, 0.25) is 0 Å². The first-order valence-corrected chi connectivity index (χ1v) is 25.6. The molecular weight excluding hydrogens is 892 g/mol. The molecule has 15 nitrogen and oxygen atoms in total. The summed E-state index contributed by atoms with van der Waals surface area (Å²) in [6, 6.07) is 18.6. The lowest BCUT2D eigenvalue weighted by Crippen LogP contribution is -2.66. The molecule has 7 aliphatic rings. The van der Waals surface area contributed by atoms with Gasteiger partial charge in [0.05, 0.1) is 35.4 Å². The van der Waals surface area contributed by atoms with E-state index in [0.29, 0.717) is 79.6 Å². The van der Waals surface area contributed by atoms with Gasteiger partial charge in [-0.2, -0.15) is 5.10 Å². The highest BCUT2D eigenvalue weighted by Gasteiger charge is 2.50. The molecule has 370 valence electrons. The van der Waals surface area contributed by atoms with Crippen molar-refractivity contribution in [2.75, 3.05) is 59.0 Å². The molecule has 70 heavy (non-hydrogen) atoms. The Kier molecular flexibility index (Phi) is 13.9. The lowest BCUT2D eigenvalue weighted by atomic mass is 9.71. The molecular formula is C54H65FN8O7. The number of piperidine rings is 1. The van der Waals surface area contributed by atoms with Gasteiger partial charge in [0.2, 0.25) is 17.7 Å². The van der Waals surface area contributed by atoms with E-state index in [0.717, 1.165) is 82.7 Å². The Morgan fingerprint density at radius 1 is 0.800 bits per heavy atom. The molecule has 0 radical (unpaired) electrons. The number of amides is 5. The number of aromatic amines is 1. The van der Waals surface area contributed by atoms with Gasteiger partial charge in [-0.1, -0.05) is 55.7 Å². The highest BCUT2D eigenvalue weighted by Crippen LogP contribution is 2.43. The topological polar surface area (TPSA) is 186 Å². The van der Waals surface area contributed by atoms with E-state index in [9.17, 15) is 28.8 Å². The van der Waals surface area contributed by atoms with Gasteiger partial charge in [0.1, 0.15) is 11.9 Å². The smallest absolute Gasteiger partial charge is 0.272 e. The third kappa shape index (κ3) is 10.4. The van der Waals surface area contributed by atoms with Crippen LogP contribution in [0.4, 0.5) is 4.39 Å². The molecule has 4 aromatic rings. The molecule has 3 aromatic carbocycles. The van der Waals surface area contributed by atoms with Gasteiger partial charge in [0.25, 0.3) is 17.4 Å². The first-order valence-electron chi connectivity index (χ1n) is 25.6. The minimum absolute atomic E-state index is 0.0377. The predicted octanol–water partition coefficient (Wildman–Crippen LogP) is 5.22. The van der Waals surface area contributed by atoms with Crippen molar-refractivity contribution < 1.29 is 33.1 Å². The molecule has 4 N–H and O–H groups in total. The highest BCUT2D eigenvalue weighted by molar-refractivity contribution is 5.98. The Bertz CT molecular complexity index is 2670. The minimum Gasteiger partial charge on any atom is -0.371 e. The van der Waals surface area contributed by atoms with Crippen LogP contribution in [0.15, 0.2) is 71.5 Å². The van der Waals surface area contributed by atoms with E-state index < -0.39 is 23.4 Å². The third-order valence-electron chi connectivity index (χ3n) is 16.3. The lowest BCUT2D eigenvalue weighted by molar-refractivity contribution is -0.163. The number of H-pyrrole nitrogens is 1. The fraction of sp³-hybridized carbons (Fsp3) is 0.537. The fourth-order valence-corrected chi connectivity index (χ4v) is 11.7. The third-order valence-corrected chi connectivity index (χ3v) is 16.3. The maximum atomic E-state index is 15.1. The van der Waals surface area contributed by atoms with Crippen molar-refractivity contribution in [1.82, 2.24) is 40.8 Å². The first-order chi connectivity index (χ1) is 34.0. The molecule has 3 aliphatic carbocycles. The molecule has 5 heterocycles. The number of benzene rings is 3. The van der Waals surface area contributed by atoms with E-state index in [-0.39, 0.29) is 77.7 Å². The summed E-state index contributed by atoms with van der Waals surface area (Å²) in [6.45, 7) is 3.53. The van der Waals surface area contributed by atoms with E-state index in [1.807, 2.05) is 41.3 Å².